The number of ketones is 1. The van der Waals surface area contributed by atoms with Crippen LogP contribution in [0.1, 0.15) is 77.2 Å². The Morgan fingerprint density at radius 3 is 2.48 bits per heavy atom. The van der Waals surface area contributed by atoms with Crippen LogP contribution in [0.4, 0.5) is 0 Å². The first-order valence-electron chi connectivity index (χ1n) is 11.4. The van der Waals surface area contributed by atoms with E-state index in [4.69, 9.17) is 9.47 Å². The van der Waals surface area contributed by atoms with E-state index in [2.05, 4.69) is 18.7 Å². The van der Waals surface area contributed by atoms with Crippen molar-refractivity contribution in [3.8, 4) is 11.5 Å². The molecule has 0 aliphatic carbocycles. The highest BCUT2D eigenvalue weighted by Gasteiger charge is 2.20. The zero-order valence-electron chi connectivity index (χ0n) is 18.7. The summed E-state index contributed by atoms with van der Waals surface area (Å²) in [5.74, 6) is 1.77. The Morgan fingerprint density at radius 2 is 1.76 bits per heavy atom. The summed E-state index contributed by atoms with van der Waals surface area (Å²) < 4.78 is 11.5. The second-order valence-corrected chi connectivity index (χ2v) is 8.00. The predicted octanol–water partition coefficient (Wildman–Crippen LogP) is 5.89. The molecule has 1 heterocycles. The molecule has 1 aromatic carbocycles. The number of carbonyl (C=O) groups excluding carboxylic acids is 1. The lowest BCUT2D eigenvalue weighted by molar-refractivity contribution is -0.117. The standard InChI is InChI=1S/C25H39NO3/c1-4-6-7-8-9-10-11-17-29-24-13-12-21(19-25(24)28-3)18-22-20-26(15-5-2)16-14-23(22)27/h12-13,18-19H,4-11,14-17,20H2,1-3H3/b22-18+. The summed E-state index contributed by atoms with van der Waals surface area (Å²) in [5, 5.41) is 0. The molecule has 1 aliphatic heterocycles. The van der Waals surface area contributed by atoms with Gasteiger partial charge in [-0.2, -0.15) is 0 Å². The molecule has 1 aromatic rings. The second kappa shape index (κ2) is 13.4. The normalized spacial score (nSPS) is 16.4. The lowest BCUT2D eigenvalue weighted by Crippen LogP contribution is -2.36. The fourth-order valence-electron chi connectivity index (χ4n) is 3.80. The van der Waals surface area contributed by atoms with E-state index in [0.717, 1.165) is 61.7 Å². The molecule has 0 spiro atoms. The average Bonchev–Trinajstić information content (AvgIpc) is 2.73. The predicted molar refractivity (Wildman–Crippen MR) is 121 cm³/mol. The van der Waals surface area contributed by atoms with Crippen molar-refractivity contribution in [2.45, 2.75) is 71.6 Å². The smallest absolute Gasteiger partial charge is 0.161 e. The van der Waals surface area contributed by atoms with E-state index in [-0.39, 0.29) is 5.78 Å². The monoisotopic (exact) mass is 401 g/mol. The van der Waals surface area contributed by atoms with Gasteiger partial charge in [0.15, 0.2) is 17.3 Å². The Kier molecular flexibility index (Phi) is 10.9. The maximum atomic E-state index is 12.3. The molecule has 2 rings (SSSR count). The van der Waals surface area contributed by atoms with E-state index >= 15 is 0 Å². The van der Waals surface area contributed by atoms with Gasteiger partial charge in [0.1, 0.15) is 0 Å². The minimum atomic E-state index is 0.260. The molecule has 0 aromatic heterocycles. The number of Topliss-reactive ketones (excluding diaryl/α,β-unsaturated/α-hetero) is 1. The highest BCUT2D eigenvalue weighted by molar-refractivity contribution is 6.00. The van der Waals surface area contributed by atoms with Crippen LogP contribution >= 0.6 is 0 Å². The van der Waals surface area contributed by atoms with Gasteiger partial charge in [0.05, 0.1) is 13.7 Å². The summed E-state index contributed by atoms with van der Waals surface area (Å²) >= 11 is 0. The molecule has 0 saturated carbocycles. The zero-order valence-corrected chi connectivity index (χ0v) is 18.7. The Morgan fingerprint density at radius 1 is 1.00 bits per heavy atom. The van der Waals surface area contributed by atoms with E-state index < -0.39 is 0 Å². The summed E-state index contributed by atoms with van der Waals surface area (Å²) in [6.07, 6.45) is 12.6. The van der Waals surface area contributed by atoms with Crippen LogP contribution in [-0.4, -0.2) is 44.0 Å². The number of carbonyl (C=O) groups is 1. The van der Waals surface area contributed by atoms with Crippen molar-refractivity contribution in [1.82, 2.24) is 4.90 Å². The number of ether oxygens (including phenoxy) is 2. The number of unbranched alkanes of at least 4 members (excludes halogenated alkanes) is 6. The number of benzene rings is 1. The Balaban J connectivity index is 1.88. The molecule has 1 aliphatic rings. The largest absolute Gasteiger partial charge is 0.493 e. The van der Waals surface area contributed by atoms with Crippen LogP contribution in [-0.2, 0) is 4.79 Å². The maximum absolute atomic E-state index is 12.3. The number of nitrogens with zero attached hydrogens (tertiary/aromatic N) is 1. The molecule has 29 heavy (non-hydrogen) atoms. The number of piperidine rings is 1. The first-order valence-corrected chi connectivity index (χ1v) is 11.4. The third-order valence-electron chi connectivity index (χ3n) is 5.48. The Labute approximate surface area is 177 Å². The number of hydrogen-bond donors (Lipinski definition) is 0. The molecule has 0 bridgehead atoms. The summed E-state index contributed by atoms with van der Waals surface area (Å²) in [6, 6.07) is 5.95. The maximum Gasteiger partial charge on any atom is 0.161 e. The van der Waals surface area contributed by atoms with Gasteiger partial charge in [-0.05, 0) is 43.2 Å². The molecule has 162 valence electrons. The van der Waals surface area contributed by atoms with Gasteiger partial charge in [0.2, 0.25) is 0 Å². The zero-order chi connectivity index (χ0) is 20.9. The van der Waals surface area contributed by atoms with E-state index in [1.807, 2.05) is 24.3 Å². The van der Waals surface area contributed by atoms with Crippen LogP contribution in [0.2, 0.25) is 0 Å². The fourth-order valence-corrected chi connectivity index (χ4v) is 3.80. The van der Waals surface area contributed by atoms with Gasteiger partial charge < -0.3 is 9.47 Å². The number of hydrogen-bond acceptors (Lipinski definition) is 4. The van der Waals surface area contributed by atoms with Crippen molar-refractivity contribution in [1.29, 1.82) is 0 Å². The molecule has 0 unspecified atom stereocenters. The molecule has 4 heteroatoms. The van der Waals surface area contributed by atoms with Crippen molar-refractivity contribution >= 4 is 11.9 Å². The number of rotatable bonds is 13. The summed E-state index contributed by atoms with van der Waals surface area (Å²) in [6.45, 7) is 7.80. The Hall–Kier alpha value is -1.81. The first-order chi connectivity index (χ1) is 14.2. The van der Waals surface area contributed by atoms with Gasteiger partial charge in [-0.3, -0.25) is 9.69 Å². The number of likely N-dealkylation sites (tertiary alicyclic amines) is 1. The number of methoxy groups -OCH3 is 1. The van der Waals surface area contributed by atoms with Crippen LogP contribution in [0.3, 0.4) is 0 Å². The van der Waals surface area contributed by atoms with Crippen molar-refractivity contribution in [2.75, 3.05) is 33.4 Å². The van der Waals surface area contributed by atoms with Crippen LogP contribution in [0.5, 0.6) is 11.5 Å². The van der Waals surface area contributed by atoms with Crippen molar-refractivity contribution in [3.63, 3.8) is 0 Å². The van der Waals surface area contributed by atoms with E-state index in [1.165, 1.54) is 38.5 Å². The highest BCUT2D eigenvalue weighted by atomic mass is 16.5. The molecular weight excluding hydrogens is 362 g/mol. The average molecular weight is 402 g/mol. The highest BCUT2D eigenvalue weighted by Crippen LogP contribution is 2.29. The van der Waals surface area contributed by atoms with Crippen LogP contribution < -0.4 is 9.47 Å². The van der Waals surface area contributed by atoms with Crippen LogP contribution in [0.25, 0.3) is 6.08 Å². The second-order valence-electron chi connectivity index (χ2n) is 8.00. The fraction of sp³-hybridized carbons (Fsp3) is 0.640. The van der Waals surface area contributed by atoms with Gasteiger partial charge in [-0.15, -0.1) is 0 Å². The SMILES string of the molecule is CCCCCCCCCOc1ccc(/C=C2\CN(CCC)CCC2=O)cc1OC. The van der Waals surface area contributed by atoms with Gasteiger partial charge >= 0.3 is 0 Å². The molecule has 1 saturated heterocycles. The first kappa shape index (κ1) is 23.5. The molecule has 0 atom stereocenters. The molecule has 0 radical (unpaired) electrons. The lowest BCUT2D eigenvalue weighted by atomic mass is 10.00. The molecule has 4 nitrogen and oxygen atoms in total. The summed E-state index contributed by atoms with van der Waals surface area (Å²) in [4.78, 5) is 14.7. The third kappa shape index (κ3) is 8.22. The van der Waals surface area contributed by atoms with Gasteiger partial charge in [0, 0.05) is 25.1 Å². The summed E-state index contributed by atoms with van der Waals surface area (Å²) in [5.41, 5.74) is 1.88. The van der Waals surface area contributed by atoms with Crippen LogP contribution in [0.15, 0.2) is 23.8 Å². The van der Waals surface area contributed by atoms with Crippen molar-refractivity contribution in [3.05, 3.63) is 29.3 Å². The topological polar surface area (TPSA) is 38.8 Å². The third-order valence-corrected chi connectivity index (χ3v) is 5.48. The quantitative estimate of drug-likeness (QED) is 0.305. The van der Waals surface area contributed by atoms with Gasteiger partial charge in [-0.25, -0.2) is 0 Å². The van der Waals surface area contributed by atoms with E-state index in [9.17, 15) is 4.79 Å². The molecule has 0 N–H and O–H groups in total. The Bertz CT molecular complexity index is 653. The molecular formula is C25H39NO3. The van der Waals surface area contributed by atoms with Crippen molar-refractivity contribution < 1.29 is 14.3 Å². The van der Waals surface area contributed by atoms with E-state index in [0.29, 0.717) is 6.42 Å². The summed E-state index contributed by atoms with van der Waals surface area (Å²) in [7, 11) is 1.67. The minimum absolute atomic E-state index is 0.260. The van der Waals surface area contributed by atoms with Crippen LogP contribution in [0, 0.1) is 0 Å². The van der Waals surface area contributed by atoms with E-state index in [1.54, 1.807) is 7.11 Å². The lowest BCUT2D eigenvalue weighted by Gasteiger charge is -2.27. The van der Waals surface area contributed by atoms with Gasteiger partial charge in [0.25, 0.3) is 0 Å². The van der Waals surface area contributed by atoms with Crippen molar-refractivity contribution in [2.24, 2.45) is 0 Å². The van der Waals surface area contributed by atoms with Gasteiger partial charge in [-0.1, -0.05) is 58.4 Å². The minimum Gasteiger partial charge on any atom is -0.493 e. The molecule has 1 fully saturated rings. The molecule has 0 amide bonds.